The molecule has 0 aliphatic rings. The van der Waals surface area contributed by atoms with Crippen LogP contribution in [-0.2, 0) is 16.0 Å². The quantitative estimate of drug-likeness (QED) is 0.633. The molecule has 0 saturated carbocycles. The monoisotopic (exact) mass is 331 g/mol. The van der Waals surface area contributed by atoms with E-state index in [4.69, 9.17) is 15.9 Å². The van der Waals surface area contributed by atoms with Crippen molar-refractivity contribution in [2.45, 2.75) is 25.4 Å². The molecule has 0 aliphatic carbocycles. The van der Waals surface area contributed by atoms with Gasteiger partial charge in [-0.3, -0.25) is 9.59 Å². The Kier molecular flexibility index (Phi) is 7.93. The molecule has 0 bridgehead atoms. The third-order valence-corrected chi connectivity index (χ3v) is 3.02. The highest BCUT2D eigenvalue weighted by molar-refractivity contribution is 5.76. The summed E-state index contributed by atoms with van der Waals surface area (Å²) in [5, 5.41) is 19.8. The third-order valence-electron chi connectivity index (χ3n) is 3.02. The minimum atomic E-state index is -0.959. The van der Waals surface area contributed by atoms with E-state index in [1.165, 1.54) is 0 Å². The number of aromatic nitrogens is 1. The molecule has 1 aromatic carbocycles. The molecule has 2 rings (SSSR count). The first kappa shape index (κ1) is 19.1. The summed E-state index contributed by atoms with van der Waals surface area (Å²) in [5.41, 5.74) is 6.30. The first-order valence-electron chi connectivity index (χ1n) is 7.33. The predicted molar refractivity (Wildman–Crippen MR) is 90.7 cm³/mol. The first-order chi connectivity index (χ1) is 11.4. The van der Waals surface area contributed by atoms with Crippen molar-refractivity contribution in [3.63, 3.8) is 0 Å². The molecular formula is C17H21N3O4. The molecule has 0 saturated heterocycles. The fourth-order valence-electron chi connectivity index (χ4n) is 1.69. The number of pyridine rings is 1. The molecular weight excluding hydrogens is 310 g/mol. The molecule has 24 heavy (non-hydrogen) atoms. The lowest BCUT2D eigenvalue weighted by atomic mass is 10.1. The van der Waals surface area contributed by atoms with Crippen LogP contribution in [0.5, 0.6) is 0 Å². The Hall–Kier alpha value is -2.93. The van der Waals surface area contributed by atoms with Crippen LogP contribution in [0, 0.1) is 0 Å². The van der Waals surface area contributed by atoms with E-state index >= 15 is 0 Å². The van der Waals surface area contributed by atoms with Crippen LogP contribution in [-0.4, -0.2) is 39.2 Å². The zero-order chi connectivity index (χ0) is 17.9. The number of hydrogen-bond acceptors (Lipinski definition) is 5. The van der Waals surface area contributed by atoms with Crippen LogP contribution in [0.3, 0.4) is 0 Å². The molecule has 5 N–H and O–H groups in total. The zero-order valence-corrected chi connectivity index (χ0v) is 13.3. The maximum atomic E-state index is 10.4. The van der Waals surface area contributed by atoms with E-state index in [2.05, 4.69) is 10.3 Å². The average Bonchev–Trinajstić information content (AvgIpc) is 2.57. The van der Waals surface area contributed by atoms with Gasteiger partial charge in [-0.25, -0.2) is 4.98 Å². The highest BCUT2D eigenvalue weighted by Gasteiger charge is 2.11. The van der Waals surface area contributed by atoms with Crippen molar-refractivity contribution in [1.29, 1.82) is 0 Å². The number of rotatable bonds is 6. The largest absolute Gasteiger partial charge is 0.480 e. The highest BCUT2D eigenvalue weighted by Crippen LogP contribution is 2.02. The van der Waals surface area contributed by atoms with Crippen LogP contribution in [0.1, 0.15) is 12.5 Å². The van der Waals surface area contributed by atoms with Crippen molar-refractivity contribution in [2.75, 3.05) is 5.32 Å². The Labute approximate surface area is 140 Å². The topological polar surface area (TPSA) is 126 Å². The van der Waals surface area contributed by atoms with E-state index < -0.39 is 24.0 Å². The molecule has 2 aromatic rings. The molecule has 1 aromatic heterocycles. The number of carbonyl (C=O) groups is 2. The summed E-state index contributed by atoms with van der Waals surface area (Å²) in [6.45, 7) is 1.57. The summed E-state index contributed by atoms with van der Waals surface area (Å²) in [5.74, 6) is -1.27. The second-order valence-electron chi connectivity index (χ2n) is 5.05. The van der Waals surface area contributed by atoms with Gasteiger partial charge in [-0.05, 0) is 31.0 Å². The number of carboxylic acid groups (broad SMARTS) is 2. The maximum Gasteiger partial charge on any atom is 0.325 e. The maximum absolute atomic E-state index is 10.4. The lowest BCUT2D eigenvalue weighted by Crippen LogP contribution is -2.32. The number of aliphatic carboxylic acids is 2. The normalized spacial score (nSPS) is 12.2. The van der Waals surface area contributed by atoms with Gasteiger partial charge in [0.2, 0.25) is 0 Å². The minimum Gasteiger partial charge on any atom is -0.480 e. The molecule has 0 amide bonds. The number of benzene rings is 1. The SMILES string of the molecule is CC(Nc1ccccn1)C(=O)O.NC(Cc1ccccc1)C(=O)O. The van der Waals surface area contributed by atoms with E-state index in [-0.39, 0.29) is 0 Å². The lowest BCUT2D eigenvalue weighted by Gasteiger charge is -2.08. The fraction of sp³-hybridized carbons (Fsp3) is 0.235. The van der Waals surface area contributed by atoms with Gasteiger partial charge in [0, 0.05) is 6.20 Å². The number of nitrogens with zero attached hydrogens (tertiary/aromatic N) is 1. The number of carboxylic acids is 2. The molecule has 2 atom stereocenters. The number of nitrogens with two attached hydrogens (primary N) is 1. The van der Waals surface area contributed by atoms with E-state index in [0.29, 0.717) is 12.2 Å². The molecule has 7 nitrogen and oxygen atoms in total. The summed E-state index contributed by atoms with van der Waals surface area (Å²) < 4.78 is 0. The third kappa shape index (κ3) is 7.37. The first-order valence-corrected chi connectivity index (χ1v) is 7.33. The smallest absolute Gasteiger partial charge is 0.325 e. The van der Waals surface area contributed by atoms with Crippen LogP contribution >= 0.6 is 0 Å². The summed E-state index contributed by atoms with van der Waals surface area (Å²) >= 11 is 0. The minimum absolute atomic E-state index is 0.385. The summed E-state index contributed by atoms with van der Waals surface area (Å²) in [6.07, 6.45) is 1.99. The summed E-state index contributed by atoms with van der Waals surface area (Å²) in [6, 6.07) is 13.2. The lowest BCUT2D eigenvalue weighted by molar-refractivity contribution is -0.139. The van der Waals surface area contributed by atoms with Gasteiger partial charge < -0.3 is 21.3 Å². The van der Waals surface area contributed by atoms with Crippen molar-refractivity contribution in [3.05, 3.63) is 60.3 Å². The van der Waals surface area contributed by atoms with Crippen LogP contribution in [0.2, 0.25) is 0 Å². The molecule has 1 heterocycles. The molecule has 0 radical (unpaired) electrons. The van der Waals surface area contributed by atoms with E-state index in [1.807, 2.05) is 30.3 Å². The Morgan fingerprint density at radius 2 is 1.71 bits per heavy atom. The number of anilines is 1. The van der Waals surface area contributed by atoms with Crippen LogP contribution in [0.15, 0.2) is 54.7 Å². The second-order valence-corrected chi connectivity index (χ2v) is 5.05. The number of nitrogens with one attached hydrogen (secondary N) is 1. The summed E-state index contributed by atoms with van der Waals surface area (Å²) in [7, 11) is 0. The van der Waals surface area contributed by atoms with Gasteiger partial charge in [-0.15, -0.1) is 0 Å². The van der Waals surface area contributed by atoms with Crippen LogP contribution < -0.4 is 11.1 Å². The van der Waals surface area contributed by atoms with Gasteiger partial charge in [-0.2, -0.15) is 0 Å². The Morgan fingerprint density at radius 3 is 2.21 bits per heavy atom. The highest BCUT2D eigenvalue weighted by atomic mass is 16.4. The molecule has 2 unspecified atom stereocenters. The van der Waals surface area contributed by atoms with Gasteiger partial charge >= 0.3 is 11.9 Å². The van der Waals surface area contributed by atoms with Crippen LogP contribution in [0.25, 0.3) is 0 Å². The van der Waals surface area contributed by atoms with E-state index in [9.17, 15) is 9.59 Å². The Balaban J connectivity index is 0.000000240. The van der Waals surface area contributed by atoms with Gasteiger partial charge in [0.05, 0.1) is 0 Å². The molecule has 0 aliphatic heterocycles. The van der Waals surface area contributed by atoms with Gasteiger partial charge in [0.1, 0.15) is 17.9 Å². The van der Waals surface area contributed by atoms with Crippen molar-refractivity contribution in [2.24, 2.45) is 5.73 Å². The van der Waals surface area contributed by atoms with E-state index in [1.54, 1.807) is 31.3 Å². The van der Waals surface area contributed by atoms with Crippen molar-refractivity contribution >= 4 is 17.8 Å². The second kappa shape index (κ2) is 9.96. The van der Waals surface area contributed by atoms with Crippen LogP contribution in [0.4, 0.5) is 5.82 Å². The molecule has 128 valence electrons. The summed E-state index contributed by atoms with van der Waals surface area (Å²) in [4.78, 5) is 24.7. The Bertz CT molecular complexity index is 577. The zero-order valence-electron chi connectivity index (χ0n) is 13.3. The Morgan fingerprint density at radius 1 is 1.08 bits per heavy atom. The van der Waals surface area contributed by atoms with Crippen molar-refractivity contribution in [3.8, 4) is 0 Å². The van der Waals surface area contributed by atoms with E-state index in [0.717, 1.165) is 5.56 Å². The van der Waals surface area contributed by atoms with Crippen molar-refractivity contribution < 1.29 is 19.8 Å². The average molecular weight is 331 g/mol. The standard InChI is InChI=1S/C9H11NO2.C8H10N2O2/c10-8(9(11)12)6-7-4-2-1-3-5-7;1-6(8(11)12)10-7-4-2-3-5-9-7/h1-5,8H,6,10H2,(H,11,12);2-6H,1H3,(H,9,10)(H,11,12). The fourth-order valence-corrected chi connectivity index (χ4v) is 1.69. The van der Waals surface area contributed by atoms with Gasteiger partial charge in [0.25, 0.3) is 0 Å². The number of hydrogen-bond donors (Lipinski definition) is 4. The molecule has 7 heteroatoms. The molecule has 0 spiro atoms. The van der Waals surface area contributed by atoms with Crippen molar-refractivity contribution in [1.82, 2.24) is 4.98 Å². The van der Waals surface area contributed by atoms with Gasteiger partial charge in [-0.1, -0.05) is 36.4 Å². The predicted octanol–water partition coefficient (Wildman–Crippen LogP) is 1.61. The van der Waals surface area contributed by atoms with Gasteiger partial charge in [0.15, 0.2) is 0 Å². The molecule has 0 fully saturated rings.